The molecule has 0 saturated carbocycles. The van der Waals surface area contributed by atoms with Gasteiger partial charge in [-0.3, -0.25) is 14.5 Å². The van der Waals surface area contributed by atoms with Gasteiger partial charge in [0.25, 0.3) is 5.91 Å². The topological polar surface area (TPSA) is 72.6 Å². The van der Waals surface area contributed by atoms with Crippen LogP contribution in [-0.4, -0.2) is 17.5 Å². The molecule has 3 heterocycles. The van der Waals surface area contributed by atoms with E-state index in [2.05, 4.69) is 4.98 Å². The van der Waals surface area contributed by atoms with Gasteiger partial charge in [-0.05, 0) is 50.6 Å². The molecule has 0 unspecified atom stereocenters. The van der Waals surface area contributed by atoms with Crippen LogP contribution in [0.3, 0.4) is 0 Å². The van der Waals surface area contributed by atoms with Crippen LogP contribution in [0.5, 0.6) is 5.75 Å². The standard InChI is InChI=1S/C24H20N2O4S/c1-4-29-16-8-6-15(7-9-16)20-19-21(27)17-11-13(2)5-10-18(17)30-22(19)23(28)26(20)24-25-14(3)12-31-24/h5-12,20H,4H2,1-3H3/t20-/m1/s1. The van der Waals surface area contributed by atoms with Crippen LogP contribution in [0.4, 0.5) is 5.13 Å². The predicted octanol–water partition coefficient (Wildman–Crippen LogP) is 5.01. The molecule has 1 aliphatic rings. The zero-order valence-electron chi connectivity index (χ0n) is 17.3. The lowest BCUT2D eigenvalue weighted by Gasteiger charge is -2.22. The van der Waals surface area contributed by atoms with E-state index < -0.39 is 6.04 Å². The van der Waals surface area contributed by atoms with Crippen LogP contribution in [0, 0.1) is 13.8 Å². The SMILES string of the molecule is CCOc1ccc([C@@H]2c3c(oc4ccc(C)cc4c3=O)C(=O)N2c2nc(C)cs2)cc1. The van der Waals surface area contributed by atoms with Crippen molar-refractivity contribution in [2.45, 2.75) is 26.8 Å². The van der Waals surface area contributed by atoms with E-state index in [4.69, 9.17) is 9.15 Å². The van der Waals surface area contributed by atoms with Gasteiger partial charge >= 0.3 is 0 Å². The Morgan fingerprint density at radius 1 is 1.13 bits per heavy atom. The lowest BCUT2D eigenvalue weighted by molar-refractivity contribution is 0.0971. The lowest BCUT2D eigenvalue weighted by Crippen LogP contribution is -2.29. The van der Waals surface area contributed by atoms with Crippen LogP contribution in [0.2, 0.25) is 0 Å². The van der Waals surface area contributed by atoms with Crippen molar-refractivity contribution in [1.29, 1.82) is 0 Å². The summed E-state index contributed by atoms with van der Waals surface area (Å²) >= 11 is 1.37. The van der Waals surface area contributed by atoms with E-state index in [-0.39, 0.29) is 17.1 Å². The molecule has 0 spiro atoms. The van der Waals surface area contributed by atoms with E-state index in [1.807, 2.05) is 56.5 Å². The molecular formula is C24H20N2O4S. The molecule has 7 heteroatoms. The van der Waals surface area contributed by atoms with Crippen LogP contribution in [0.25, 0.3) is 11.0 Å². The zero-order chi connectivity index (χ0) is 21.7. The quantitative estimate of drug-likeness (QED) is 0.453. The van der Waals surface area contributed by atoms with E-state index >= 15 is 0 Å². The van der Waals surface area contributed by atoms with Gasteiger partial charge in [0, 0.05) is 5.38 Å². The normalized spacial score (nSPS) is 15.5. The molecule has 31 heavy (non-hydrogen) atoms. The molecule has 0 aliphatic carbocycles. The van der Waals surface area contributed by atoms with Gasteiger partial charge < -0.3 is 9.15 Å². The summed E-state index contributed by atoms with van der Waals surface area (Å²) in [5.74, 6) is 0.449. The largest absolute Gasteiger partial charge is 0.494 e. The third-order valence-electron chi connectivity index (χ3n) is 5.35. The molecule has 4 aromatic rings. The Bertz CT molecular complexity index is 1370. The number of anilines is 1. The summed E-state index contributed by atoms with van der Waals surface area (Å²) in [5.41, 5.74) is 3.12. The summed E-state index contributed by atoms with van der Waals surface area (Å²) in [6.45, 7) is 6.28. The maximum absolute atomic E-state index is 13.6. The Morgan fingerprint density at radius 2 is 1.90 bits per heavy atom. The smallest absolute Gasteiger partial charge is 0.297 e. The minimum Gasteiger partial charge on any atom is -0.494 e. The van der Waals surface area contributed by atoms with Crippen LogP contribution in [0.1, 0.15) is 45.9 Å². The fourth-order valence-corrected chi connectivity index (χ4v) is 4.79. The first-order chi connectivity index (χ1) is 15.0. The highest BCUT2D eigenvalue weighted by molar-refractivity contribution is 7.14. The summed E-state index contributed by atoms with van der Waals surface area (Å²) in [6, 6.07) is 12.2. The molecule has 0 bridgehead atoms. The van der Waals surface area contributed by atoms with Crippen molar-refractivity contribution in [3.8, 4) is 5.75 Å². The minimum atomic E-state index is -0.620. The average molecular weight is 433 g/mol. The monoisotopic (exact) mass is 432 g/mol. The third-order valence-corrected chi connectivity index (χ3v) is 6.30. The Kier molecular flexibility index (Phi) is 4.63. The maximum atomic E-state index is 13.6. The number of fused-ring (bicyclic) bond motifs is 2. The molecule has 6 nitrogen and oxygen atoms in total. The van der Waals surface area contributed by atoms with Gasteiger partial charge in [-0.2, -0.15) is 0 Å². The molecule has 0 radical (unpaired) electrons. The third kappa shape index (κ3) is 3.13. The molecule has 2 aromatic heterocycles. The molecule has 1 amide bonds. The van der Waals surface area contributed by atoms with Crippen LogP contribution < -0.4 is 15.1 Å². The van der Waals surface area contributed by atoms with Crippen molar-refractivity contribution in [3.05, 3.63) is 86.2 Å². The summed E-state index contributed by atoms with van der Waals surface area (Å²) in [4.78, 5) is 33.1. The fraction of sp³-hybridized carbons (Fsp3) is 0.208. The molecule has 0 fully saturated rings. The number of ether oxygens (including phenoxy) is 1. The number of thiazole rings is 1. The van der Waals surface area contributed by atoms with Crippen molar-refractivity contribution < 1.29 is 13.9 Å². The Balaban J connectivity index is 1.76. The molecule has 5 rings (SSSR count). The number of carbonyl (C=O) groups excluding carboxylic acids is 1. The first-order valence-corrected chi connectivity index (χ1v) is 10.9. The van der Waals surface area contributed by atoms with Gasteiger partial charge in [-0.15, -0.1) is 11.3 Å². The van der Waals surface area contributed by atoms with Gasteiger partial charge in [-0.25, -0.2) is 4.98 Å². The summed E-state index contributed by atoms with van der Waals surface area (Å²) < 4.78 is 11.5. The number of nitrogens with zero attached hydrogens (tertiary/aromatic N) is 2. The molecule has 1 atom stereocenters. The van der Waals surface area contributed by atoms with E-state index in [0.717, 1.165) is 22.6 Å². The van der Waals surface area contributed by atoms with Gasteiger partial charge in [-0.1, -0.05) is 23.8 Å². The first kappa shape index (κ1) is 19.5. The van der Waals surface area contributed by atoms with Crippen LogP contribution in [-0.2, 0) is 0 Å². The Labute approximate surface area is 182 Å². The van der Waals surface area contributed by atoms with E-state index in [1.165, 1.54) is 11.3 Å². The van der Waals surface area contributed by atoms with Crippen molar-refractivity contribution in [3.63, 3.8) is 0 Å². The number of aromatic nitrogens is 1. The number of rotatable bonds is 4. The van der Waals surface area contributed by atoms with Crippen molar-refractivity contribution in [2.24, 2.45) is 0 Å². The predicted molar refractivity (Wildman–Crippen MR) is 120 cm³/mol. The molecule has 156 valence electrons. The Morgan fingerprint density at radius 3 is 2.58 bits per heavy atom. The molecule has 0 N–H and O–H groups in total. The maximum Gasteiger partial charge on any atom is 0.297 e. The number of hydrogen-bond donors (Lipinski definition) is 0. The highest BCUT2D eigenvalue weighted by Crippen LogP contribution is 2.42. The highest BCUT2D eigenvalue weighted by Gasteiger charge is 2.44. The number of carbonyl (C=O) groups is 1. The van der Waals surface area contributed by atoms with Crippen LogP contribution >= 0.6 is 11.3 Å². The van der Waals surface area contributed by atoms with Gasteiger partial charge in [0.05, 0.1) is 29.3 Å². The van der Waals surface area contributed by atoms with E-state index in [9.17, 15) is 9.59 Å². The van der Waals surface area contributed by atoms with Crippen molar-refractivity contribution in [1.82, 2.24) is 4.98 Å². The van der Waals surface area contributed by atoms with E-state index in [1.54, 1.807) is 17.0 Å². The molecular weight excluding hydrogens is 412 g/mol. The van der Waals surface area contributed by atoms with Gasteiger partial charge in [0.2, 0.25) is 5.76 Å². The zero-order valence-corrected chi connectivity index (χ0v) is 18.2. The summed E-state index contributed by atoms with van der Waals surface area (Å²) in [5, 5.41) is 2.89. The second kappa shape index (κ2) is 7.35. The first-order valence-electron chi connectivity index (χ1n) is 10.0. The average Bonchev–Trinajstić information content (AvgIpc) is 3.31. The van der Waals surface area contributed by atoms with Gasteiger partial charge in [0.1, 0.15) is 11.3 Å². The van der Waals surface area contributed by atoms with Crippen molar-refractivity contribution in [2.75, 3.05) is 11.5 Å². The number of hydrogen-bond acceptors (Lipinski definition) is 6. The highest BCUT2D eigenvalue weighted by atomic mass is 32.1. The number of amides is 1. The second-order valence-electron chi connectivity index (χ2n) is 7.52. The summed E-state index contributed by atoms with van der Waals surface area (Å²) in [6.07, 6.45) is 0. The molecule has 1 aliphatic heterocycles. The second-order valence-corrected chi connectivity index (χ2v) is 8.36. The minimum absolute atomic E-state index is 0.0769. The molecule has 2 aromatic carbocycles. The lowest BCUT2D eigenvalue weighted by atomic mass is 9.98. The van der Waals surface area contributed by atoms with Crippen molar-refractivity contribution >= 4 is 33.3 Å². The molecule has 0 saturated heterocycles. The number of benzene rings is 2. The van der Waals surface area contributed by atoms with Gasteiger partial charge in [0.15, 0.2) is 10.6 Å². The Hall–Kier alpha value is -3.45. The van der Waals surface area contributed by atoms with Crippen LogP contribution in [0.15, 0.2) is 57.1 Å². The van der Waals surface area contributed by atoms with E-state index in [0.29, 0.717) is 28.3 Å². The number of aryl methyl sites for hydroxylation is 2. The summed E-state index contributed by atoms with van der Waals surface area (Å²) in [7, 11) is 0. The fourth-order valence-electron chi connectivity index (χ4n) is 3.96.